The summed E-state index contributed by atoms with van der Waals surface area (Å²) in [6.45, 7) is 12.6. The standard InChI is InChI=1S/C32H51N4O/c1-25-22-28(36(21-6-8-26(36)2)29-13-17-33-23-29)11-12-30(25)35-18-7-14-32(31(35)37)15-19-34(20-16-32)24-27-9-4-3-5-10-27/h11-12,22,26-27,29,33H,3-10,13-21,23-24H2,1-2H3/q+1/t26-,29-,36?/m0/s1. The molecule has 5 nitrogen and oxygen atoms in total. The highest BCUT2D eigenvalue weighted by atomic mass is 16.2. The summed E-state index contributed by atoms with van der Waals surface area (Å²) in [7, 11) is 0. The van der Waals surface area contributed by atoms with E-state index in [9.17, 15) is 4.79 Å². The Labute approximate surface area is 225 Å². The first-order valence-corrected chi connectivity index (χ1v) is 15.8. The molecule has 1 saturated carbocycles. The highest BCUT2D eigenvalue weighted by Crippen LogP contribution is 2.45. The Kier molecular flexibility index (Phi) is 7.41. The minimum Gasteiger partial charge on any atom is -0.312 e. The molecule has 1 unspecified atom stereocenters. The van der Waals surface area contributed by atoms with Crippen molar-refractivity contribution in [2.75, 3.05) is 50.7 Å². The molecule has 0 radical (unpaired) electrons. The molecule has 1 aliphatic carbocycles. The molecule has 4 aliphatic heterocycles. The van der Waals surface area contributed by atoms with Gasteiger partial charge in [0.2, 0.25) is 5.91 Å². The molecule has 1 spiro atoms. The van der Waals surface area contributed by atoms with Crippen LogP contribution >= 0.6 is 0 Å². The van der Waals surface area contributed by atoms with E-state index >= 15 is 0 Å². The molecule has 5 aliphatic rings. The number of carbonyl (C=O) groups is 1. The molecule has 4 saturated heterocycles. The Hall–Kier alpha value is -1.43. The zero-order valence-corrected chi connectivity index (χ0v) is 23.6. The van der Waals surface area contributed by atoms with Gasteiger partial charge in [0.1, 0.15) is 11.7 Å². The predicted molar refractivity (Wildman–Crippen MR) is 154 cm³/mol. The third kappa shape index (κ3) is 4.67. The van der Waals surface area contributed by atoms with Gasteiger partial charge in [0.15, 0.2) is 0 Å². The largest absolute Gasteiger partial charge is 0.312 e. The molecule has 0 aromatic heterocycles. The first-order valence-electron chi connectivity index (χ1n) is 15.8. The summed E-state index contributed by atoms with van der Waals surface area (Å²) in [5.41, 5.74) is 3.82. The van der Waals surface area contributed by atoms with E-state index in [-0.39, 0.29) is 5.41 Å². The van der Waals surface area contributed by atoms with Crippen LogP contribution in [0.15, 0.2) is 18.2 Å². The van der Waals surface area contributed by atoms with Gasteiger partial charge in [0.05, 0.1) is 18.0 Å². The summed E-state index contributed by atoms with van der Waals surface area (Å²) in [5, 5.41) is 3.63. The summed E-state index contributed by atoms with van der Waals surface area (Å²) in [6.07, 6.45) is 15.4. The van der Waals surface area contributed by atoms with Gasteiger partial charge in [-0.15, -0.1) is 0 Å². The minimum atomic E-state index is -0.126. The van der Waals surface area contributed by atoms with E-state index in [0.717, 1.165) is 68.8 Å². The van der Waals surface area contributed by atoms with Crippen molar-refractivity contribution in [2.24, 2.45) is 11.3 Å². The van der Waals surface area contributed by atoms with Crippen LogP contribution in [0.3, 0.4) is 0 Å². The fourth-order valence-electron chi connectivity index (χ4n) is 9.13. The number of anilines is 1. The Morgan fingerprint density at radius 1 is 0.973 bits per heavy atom. The molecule has 1 N–H and O–H groups in total. The van der Waals surface area contributed by atoms with E-state index in [4.69, 9.17) is 0 Å². The SMILES string of the molecule is Cc1cc([N+]2([C@H]3CCNC3)CCC[C@@H]2C)ccc1N1CCCC2(CCN(CC3CCCCC3)CC2)C1=O. The van der Waals surface area contributed by atoms with Gasteiger partial charge in [-0.2, -0.15) is 0 Å². The molecular weight excluding hydrogens is 456 g/mol. The van der Waals surface area contributed by atoms with Crippen LogP contribution in [0.4, 0.5) is 11.4 Å². The second-order valence-electron chi connectivity index (χ2n) is 13.4. The van der Waals surface area contributed by atoms with Gasteiger partial charge >= 0.3 is 0 Å². The maximum atomic E-state index is 14.1. The normalized spacial score (nSPS) is 33.5. The molecule has 4 heterocycles. The molecule has 5 fully saturated rings. The van der Waals surface area contributed by atoms with Gasteiger partial charge < -0.3 is 15.1 Å². The molecule has 1 amide bonds. The third-order valence-electron chi connectivity index (χ3n) is 11.4. The van der Waals surface area contributed by atoms with Crippen molar-refractivity contribution in [2.45, 2.75) is 103 Å². The van der Waals surface area contributed by atoms with Gasteiger partial charge in [0.25, 0.3) is 0 Å². The van der Waals surface area contributed by atoms with Crippen LogP contribution in [0, 0.1) is 18.3 Å². The summed E-state index contributed by atoms with van der Waals surface area (Å²) in [4.78, 5) is 19.0. The number of quaternary nitrogens is 1. The lowest BCUT2D eigenvalue weighted by molar-refractivity contribution is -0.133. The minimum absolute atomic E-state index is 0.126. The van der Waals surface area contributed by atoms with E-state index in [0.29, 0.717) is 18.0 Å². The monoisotopic (exact) mass is 507 g/mol. The smallest absolute Gasteiger partial charge is 0.233 e. The van der Waals surface area contributed by atoms with Gasteiger partial charge in [-0.3, -0.25) is 9.28 Å². The Balaban J connectivity index is 1.17. The topological polar surface area (TPSA) is 35.6 Å². The van der Waals surface area contributed by atoms with Crippen molar-refractivity contribution in [3.63, 3.8) is 0 Å². The molecular formula is C32H51N4O+. The number of rotatable bonds is 5. The molecule has 3 atom stereocenters. The van der Waals surface area contributed by atoms with Crippen molar-refractivity contribution < 1.29 is 4.79 Å². The number of piperidine rings is 2. The molecule has 6 rings (SSSR count). The highest BCUT2D eigenvalue weighted by Gasteiger charge is 2.49. The van der Waals surface area contributed by atoms with Crippen LogP contribution in [0.25, 0.3) is 0 Å². The van der Waals surface area contributed by atoms with Gasteiger partial charge in [-0.1, -0.05) is 19.3 Å². The number of amides is 1. The number of hydrogen-bond donors (Lipinski definition) is 1. The zero-order valence-electron chi connectivity index (χ0n) is 23.6. The maximum Gasteiger partial charge on any atom is 0.233 e. The number of hydrogen-bond acceptors (Lipinski definition) is 3. The van der Waals surface area contributed by atoms with Crippen molar-refractivity contribution in [1.82, 2.24) is 14.7 Å². The number of likely N-dealkylation sites (tertiary alicyclic amines) is 2. The summed E-state index contributed by atoms with van der Waals surface area (Å²) in [5.74, 6) is 1.32. The van der Waals surface area contributed by atoms with E-state index < -0.39 is 0 Å². The quantitative estimate of drug-likeness (QED) is 0.524. The number of nitrogens with zero attached hydrogens (tertiary/aromatic N) is 3. The molecule has 5 heteroatoms. The lowest BCUT2D eigenvalue weighted by Gasteiger charge is -2.47. The van der Waals surface area contributed by atoms with Crippen molar-refractivity contribution in [3.8, 4) is 0 Å². The van der Waals surface area contributed by atoms with E-state index in [1.165, 1.54) is 81.4 Å². The molecule has 0 bridgehead atoms. The second-order valence-corrected chi connectivity index (χ2v) is 13.4. The van der Waals surface area contributed by atoms with Gasteiger partial charge in [0, 0.05) is 63.3 Å². The van der Waals surface area contributed by atoms with E-state index in [1.807, 2.05) is 0 Å². The maximum absolute atomic E-state index is 14.1. The Bertz CT molecular complexity index is 958. The lowest BCUT2D eigenvalue weighted by Crippen LogP contribution is -2.59. The van der Waals surface area contributed by atoms with Crippen LogP contribution in [-0.4, -0.2) is 68.7 Å². The summed E-state index contributed by atoms with van der Waals surface area (Å²) in [6, 6.07) is 8.52. The second kappa shape index (κ2) is 10.6. The molecule has 1 aromatic carbocycles. The molecule has 1 aromatic rings. The average Bonchev–Trinajstić information content (AvgIpc) is 3.59. The number of aryl methyl sites for hydroxylation is 1. The first kappa shape index (κ1) is 25.8. The fraction of sp³-hybridized carbons (Fsp3) is 0.781. The van der Waals surface area contributed by atoms with Crippen LogP contribution < -0.4 is 14.7 Å². The highest BCUT2D eigenvalue weighted by molar-refractivity contribution is 5.99. The third-order valence-corrected chi connectivity index (χ3v) is 11.4. The zero-order chi connectivity index (χ0) is 25.5. The summed E-state index contributed by atoms with van der Waals surface area (Å²) >= 11 is 0. The fourth-order valence-corrected chi connectivity index (χ4v) is 9.13. The van der Waals surface area contributed by atoms with Crippen LogP contribution in [0.1, 0.15) is 89.5 Å². The lowest BCUT2D eigenvalue weighted by atomic mass is 9.71. The number of nitrogens with one attached hydrogen (secondary N) is 1. The number of carbonyl (C=O) groups excluding carboxylic acids is 1. The van der Waals surface area contributed by atoms with Gasteiger partial charge in [-0.05, 0) is 83.0 Å². The van der Waals surface area contributed by atoms with Crippen molar-refractivity contribution in [1.29, 1.82) is 0 Å². The van der Waals surface area contributed by atoms with E-state index in [1.54, 1.807) is 0 Å². The van der Waals surface area contributed by atoms with Crippen molar-refractivity contribution >= 4 is 17.3 Å². The van der Waals surface area contributed by atoms with Crippen LogP contribution in [-0.2, 0) is 4.79 Å². The van der Waals surface area contributed by atoms with Crippen LogP contribution in [0.5, 0.6) is 0 Å². The first-order chi connectivity index (χ1) is 18.0. The van der Waals surface area contributed by atoms with E-state index in [2.05, 4.69) is 47.2 Å². The van der Waals surface area contributed by atoms with Crippen LogP contribution in [0.2, 0.25) is 0 Å². The Morgan fingerprint density at radius 3 is 2.46 bits per heavy atom. The Morgan fingerprint density at radius 2 is 1.78 bits per heavy atom. The number of benzene rings is 1. The summed E-state index contributed by atoms with van der Waals surface area (Å²) < 4.78 is 1.14. The van der Waals surface area contributed by atoms with Gasteiger partial charge in [-0.25, -0.2) is 0 Å². The predicted octanol–water partition coefficient (Wildman–Crippen LogP) is 5.64. The van der Waals surface area contributed by atoms with Crippen molar-refractivity contribution in [3.05, 3.63) is 23.8 Å². The average molecular weight is 508 g/mol. The molecule has 204 valence electrons. The molecule has 37 heavy (non-hydrogen) atoms.